The molecule has 0 amide bonds. The van der Waals surface area contributed by atoms with E-state index >= 15 is 0 Å². The van der Waals surface area contributed by atoms with Crippen LogP contribution in [0.1, 0.15) is 50.4 Å². The van der Waals surface area contributed by atoms with Crippen molar-refractivity contribution < 1.29 is 0 Å². The van der Waals surface area contributed by atoms with E-state index in [2.05, 4.69) is 41.7 Å². The fourth-order valence-electron chi connectivity index (χ4n) is 1.90. The van der Waals surface area contributed by atoms with Crippen LogP contribution in [-0.2, 0) is 5.41 Å². The lowest BCUT2D eigenvalue weighted by atomic mass is 9.92. The van der Waals surface area contributed by atoms with Gasteiger partial charge in [-0.3, -0.25) is 0 Å². The van der Waals surface area contributed by atoms with Gasteiger partial charge in [0.05, 0.1) is 15.4 Å². The van der Waals surface area contributed by atoms with Crippen molar-refractivity contribution in [2.45, 2.75) is 44.3 Å². The highest BCUT2D eigenvalue weighted by Crippen LogP contribution is 2.40. The molecular weight excluding hydrogens is 298 g/mol. The average Bonchev–Trinajstić information content (AvgIpc) is 2.73. The minimum absolute atomic E-state index is 0.0199. The Morgan fingerprint density at radius 2 is 2.06 bits per heavy atom. The standard InChI is InChI=1S/C12H18BrN3S/c1-12(2,3)9-8(13)10(14)16-11(15-9)7-5-4-6-17-7/h7H,4-6H2,1-3H3,(H2,14,15,16). The normalized spacial score (nSPS) is 20.8. The van der Waals surface area contributed by atoms with Crippen LogP contribution in [0.25, 0.3) is 0 Å². The van der Waals surface area contributed by atoms with Crippen LogP contribution in [0.15, 0.2) is 4.47 Å². The van der Waals surface area contributed by atoms with E-state index in [-0.39, 0.29) is 5.41 Å². The number of nitrogens with two attached hydrogens (primary N) is 1. The molecule has 5 heteroatoms. The van der Waals surface area contributed by atoms with E-state index in [1.54, 1.807) is 0 Å². The van der Waals surface area contributed by atoms with Crippen molar-refractivity contribution in [3.8, 4) is 0 Å². The lowest BCUT2D eigenvalue weighted by molar-refractivity contribution is 0.557. The summed E-state index contributed by atoms with van der Waals surface area (Å²) in [6.45, 7) is 6.43. The fraction of sp³-hybridized carbons (Fsp3) is 0.667. The molecule has 1 unspecified atom stereocenters. The van der Waals surface area contributed by atoms with Crippen LogP contribution in [0.5, 0.6) is 0 Å². The molecule has 0 aliphatic carbocycles. The maximum Gasteiger partial charge on any atom is 0.144 e. The first-order chi connectivity index (χ1) is 7.89. The number of anilines is 1. The highest BCUT2D eigenvalue weighted by atomic mass is 79.9. The molecule has 1 aromatic heterocycles. The Balaban J connectivity index is 2.45. The number of thioether (sulfide) groups is 1. The van der Waals surface area contributed by atoms with E-state index in [9.17, 15) is 0 Å². The van der Waals surface area contributed by atoms with Gasteiger partial charge in [-0.25, -0.2) is 9.97 Å². The SMILES string of the molecule is CC(C)(C)c1nc(C2CCCS2)nc(N)c1Br. The number of nitrogens with zero attached hydrogens (tertiary/aromatic N) is 2. The van der Waals surface area contributed by atoms with Gasteiger partial charge in [-0.15, -0.1) is 0 Å². The van der Waals surface area contributed by atoms with Crippen LogP contribution < -0.4 is 5.73 Å². The molecule has 0 saturated carbocycles. The molecule has 1 saturated heterocycles. The van der Waals surface area contributed by atoms with Crippen LogP contribution in [0.4, 0.5) is 5.82 Å². The summed E-state index contributed by atoms with van der Waals surface area (Å²) in [6.07, 6.45) is 2.41. The molecule has 1 fully saturated rings. The topological polar surface area (TPSA) is 51.8 Å². The summed E-state index contributed by atoms with van der Waals surface area (Å²) < 4.78 is 0.844. The van der Waals surface area contributed by atoms with Gasteiger partial charge >= 0.3 is 0 Å². The molecule has 2 heterocycles. The zero-order chi connectivity index (χ0) is 12.6. The molecule has 1 aliphatic heterocycles. The van der Waals surface area contributed by atoms with Gasteiger partial charge < -0.3 is 5.73 Å². The van der Waals surface area contributed by atoms with Crippen molar-refractivity contribution in [3.05, 3.63) is 16.0 Å². The molecule has 0 spiro atoms. The Morgan fingerprint density at radius 1 is 1.35 bits per heavy atom. The number of hydrogen-bond donors (Lipinski definition) is 1. The van der Waals surface area contributed by atoms with E-state index < -0.39 is 0 Å². The molecule has 2 N–H and O–H groups in total. The molecule has 3 nitrogen and oxygen atoms in total. The third-order valence-electron chi connectivity index (χ3n) is 2.82. The number of nitrogen functional groups attached to an aromatic ring is 1. The van der Waals surface area contributed by atoms with Crippen LogP contribution in [-0.4, -0.2) is 15.7 Å². The molecule has 2 rings (SSSR count). The van der Waals surface area contributed by atoms with Gasteiger partial charge in [-0.2, -0.15) is 11.8 Å². The van der Waals surface area contributed by atoms with Crippen molar-refractivity contribution in [2.75, 3.05) is 11.5 Å². The third kappa shape index (κ3) is 2.76. The predicted octanol–water partition coefficient (Wildman–Crippen LogP) is 3.69. The second-order valence-corrected chi connectivity index (χ2v) is 7.48. The fourth-order valence-corrected chi connectivity index (χ4v) is 3.88. The summed E-state index contributed by atoms with van der Waals surface area (Å²) >= 11 is 5.44. The second-order valence-electron chi connectivity index (χ2n) is 5.38. The van der Waals surface area contributed by atoms with E-state index in [1.807, 2.05) is 11.8 Å². The van der Waals surface area contributed by atoms with Crippen LogP contribution >= 0.6 is 27.7 Å². The van der Waals surface area contributed by atoms with E-state index in [0.717, 1.165) is 22.4 Å². The molecule has 1 aliphatic rings. The highest BCUT2D eigenvalue weighted by molar-refractivity contribution is 9.10. The summed E-state index contributed by atoms with van der Waals surface area (Å²) in [6, 6.07) is 0. The highest BCUT2D eigenvalue weighted by Gasteiger charge is 2.26. The minimum Gasteiger partial charge on any atom is -0.383 e. The Labute approximate surface area is 115 Å². The van der Waals surface area contributed by atoms with Crippen LogP contribution in [0.3, 0.4) is 0 Å². The lowest BCUT2D eigenvalue weighted by Gasteiger charge is -2.21. The molecule has 1 atom stereocenters. The molecular formula is C12H18BrN3S. The van der Waals surface area contributed by atoms with Gasteiger partial charge in [0.1, 0.15) is 11.6 Å². The summed E-state index contributed by atoms with van der Waals surface area (Å²) in [5.74, 6) is 2.67. The Bertz CT molecular complexity index is 422. The van der Waals surface area contributed by atoms with E-state index in [4.69, 9.17) is 10.7 Å². The number of aromatic nitrogens is 2. The van der Waals surface area contributed by atoms with Crippen molar-refractivity contribution >= 4 is 33.5 Å². The van der Waals surface area contributed by atoms with Gasteiger partial charge in [-0.1, -0.05) is 20.8 Å². The van der Waals surface area contributed by atoms with Crippen molar-refractivity contribution in [2.24, 2.45) is 0 Å². The first-order valence-corrected chi connectivity index (χ1v) is 7.69. The maximum absolute atomic E-state index is 5.98. The quantitative estimate of drug-likeness (QED) is 0.858. The molecule has 0 aromatic carbocycles. The Kier molecular flexibility index (Phi) is 3.69. The molecule has 1 aromatic rings. The van der Waals surface area contributed by atoms with Gasteiger partial charge in [-0.05, 0) is 34.5 Å². The number of halogens is 1. The monoisotopic (exact) mass is 315 g/mol. The van der Waals surface area contributed by atoms with Crippen LogP contribution in [0.2, 0.25) is 0 Å². The van der Waals surface area contributed by atoms with Gasteiger partial charge in [0, 0.05) is 5.41 Å². The number of rotatable bonds is 1. The summed E-state index contributed by atoms with van der Waals surface area (Å²) in [7, 11) is 0. The number of hydrogen-bond acceptors (Lipinski definition) is 4. The minimum atomic E-state index is -0.0199. The Morgan fingerprint density at radius 3 is 2.59 bits per heavy atom. The first-order valence-electron chi connectivity index (χ1n) is 5.84. The smallest absolute Gasteiger partial charge is 0.144 e. The Hall–Kier alpha value is -0.290. The molecule has 0 radical (unpaired) electrons. The first kappa shape index (κ1) is 13.1. The van der Waals surface area contributed by atoms with Crippen molar-refractivity contribution in [1.29, 1.82) is 0 Å². The van der Waals surface area contributed by atoms with Crippen molar-refractivity contribution in [3.63, 3.8) is 0 Å². The van der Waals surface area contributed by atoms with E-state index in [0.29, 0.717) is 11.1 Å². The third-order valence-corrected chi connectivity index (χ3v) is 4.98. The molecule has 17 heavy (non-hydrogen) atoms. The molecule has 94 valence electrons. The zero-order valence-corrected chi connectivity index (χ0v) is 12.9. The lowest BCUT2D eigenvalue weighted by Crippen LogP contribution is -2.18. The van der Waals surface area contributed by atoms with Crippen molar-refractivity contribution in [1.82, 2.24) is 9.97 Å². The van der Waals surface area contributed by atoms with Gasteiger partial charge in [0.15, 0.2) is 0 Å². The van der Waals surface area contributed by atoms with Gasteiger partial charge in [0.25, 0.3) is 0 Å². The van der Waals surface area contributed by atoms with Crippen LogP contribution in [0, 0.1) is 0 Å². The van der Waals surface area contributed by atoms with E-state index in [1.165, 1.54) is 12.2 Å². The second kappa shape index (κ2) is 4.76. The molecule has 0 bridgehead atoms. The largest absolute Gasteiger partial charge is 0.383 e. The average molecular weight is 316 g/mol. The summed E-state index contributed by atoms with van der Waals surface area (Å²) in [5, 5.41) is 0.423. The summed E-state index contributed by atoms with van der Waals surface area (Å²) in [5.41, 5.74) is 6.97. The zero-order valence-electron chi connectivity index (χ0n) is 10.5. The predicted molar refractivity (Wildman–Crippen MR) is 77.3 cm³/mol. The summed E-state index contributed by atoms with van der Waals surface area (Å²) in [4.78, 5) is 9.16. The maximum atomic E-state index is 5.98. The van der Waals surface area contributed by atoms with Gasteiger partial charge in [0.2, 0.25) is 0 Å².